The number of likely N-dealkylation sites (N-methyl/N-ethyl adjacent to an activating group) is 3. The number of rotatable bonds is 8. The highest BCUT2D eigenvalue weighted by molar-refractivity contribution is 7.85. The summed E-state index contributed by atoms with van der Waals surface area (Å²) in [5.74, 6) is 0. The van der Waals surface area contributed by atoms with E-state index in [9.17, 15) is 0 Å². The molecule has 0 saturated heterocycles. The first-order valence-corrected chi connectivity index (χ1v) is 17.8. The van der Waals surface area contributed by atoms with E-state index in [1.165, 1.54) is 122 Å². The van der Waals surface area contributed by atoms with Crippen LogP contribution in [0.3, 0.4) is 0 Å². The number of nitrogens with one attached hydrogen (secondary N) is 1. The van der Waals surface area contributed by atoms with Crippen LogP contribution in [0, 0.1) is 0 Å². The van der Waals surface area contributed by atoms with Crippen LogP contribution in [-0.4, -0.2) is 66.7 Å². The zero-order chi connectivity index (χ0) is 25.5. The summed E-state index contributed by atoms with van der Waals surface area (Å²) in [4.78, 5) is 8.63. The average molecular weight is 539 g/mol. The first-order valence-electron chi connectivity index (χ1n) is 15.6. The van der Waals surface area contributed by atoms with Crippen LogP contribution < -0.4 is 5.09 Å². The van der Waals surface area contributed by atoms with Crippen molar-refractivity contribution in [2.75, 3.05) is 28.2 Å². The molecule has 1 N–H and O–H groups in total. The predicted octanol–water partition coefficient (Wildman–Crippen LogP) is 8.42. The first-order chi connectivity index (χ1) is 17.5. The maximum atomic E-state index is 7.29. The Hall–Kier alpha value is 0.140. The van der Waals surface area contributed by atoms with E-state index in [2.05, 4.69) is 48.0 Å². The van der Waals surface area contributed by atoms with Crippen molar-refractivity contribution in [1.29, 1.82) is 0 Å². The predicted molar refractivity (Wildman–Crippen MR) is 159 cm³/mol. The van der Waals surface area contributed by atoms with Gasteiger partial charge >= 0.3 is 0 Å². The van der Waals surface area contributed by atoms with Crippen molar-refractivity contribution < 1.29 is 0 Å². The number of hydrogen-bond donors (Lipinski definition) is 1. The summed E-state index contributed by atoms with van der Waals surface area (Å²) in [5.41, 5.74) is 1.56. The SMILES string of the molecule is CNP(Cl)/C1=C(\N(C)C2CCCCC2)C(N(C)C2CCCCC2)(N(C)C2CCCCC2)CCCCC1. The van der Waals surface area contributed by atoms with Crippen molar-refractivity contribution in [2.24, 2.45) is 0 Å². The summed E-state index contributed by atoms with van der Waals surface area (Å²) in [6.45, 7) is 0. The Morgan fingerprint density at radius 3 is 1.58 bits per heavy atom. The maximum Gasteiger partial charge on any atom is 0.115 e. The van der Waals surface area contributed by atoms with Crippen LogP contribution in [0.25, 0.3) is 0 Å². The van der Waals surface area contributed by atoms with Crippen LogP contribution >= 0.6 is 18.7 Å². The highest BCUT2D eigenvalue weighted by Crippen LogP contribution is 2.55. The second-order valence-electron chi connectivity index (χ2n) is 12.4. The monoisotopic (exact) mass is 538 g/mol. The molecule has 0 aromatic rings. The van der Waals surface area contributed by atoms with Gasteiger partial charge in [-0.1, -0.05) is 75.4 Å². The van der Waals surface area contributed by atoms with E-state index in [1.54, 1.807) is 11.0 Å². The van der Waals surface area contributed by atoms with E-state index in [-0.39, 0.29) is 5.66 Å². The van der Waals surface area contributed by atoms with Crippen LogP contribution in [0.4, 0.5) is 0 Å². The van der Waals surface area contributed by atoms with Crippen LogP contribution in [0.15, 0.2) is 11.0 Å². The molecule has 0 spiro atoms. The summed E-state index contributed by atoms with van der Waals surface area (Å²) < 4.78 is 0. The molecule has 0 bridgehead atoms. The Morgan fingerprint density at radius 2 is 1.11 bits per heavy atom. The van der Waals surface area contributed by atoms with Crippen molar-refractivity contribution in [3.63, 3.8) is 0 Å². The molecule has 0 aromatic carbocycles. The molecule has 3 saturated carbocycles. The van der Waals surface area contributed by atoms with E-state index in [4.69, 9.17) is 11.2 Å². The molecule has 1 unspecified atom stereocenters. The molecule has 36 heavy (non-hydrogen) atoms. The number of hydrogen-bond acceptors (Lipinski definition) is 4. The molecule has 4 aliphatic rings. The molecule has 4 aliphatic carbocycles. The Morgan fingerprint density at radius 1 is 0.667 bits per heavy atom. The molecule has 4 nitrogen and oxygen atoms in total. The molecule has 0 aromatic heterocycles. The van der Waals surface area contributed by atoms with Crippen LogP contribution in [-0.2, 0) is 0 Å². The smallest absolute Gasteiger partial charge is 0.115 e. The van der Waals surface area contributed by atoms with Crippen molar-refractivity contribution >= 4 is 18.7 Å². The molecule has 6 heteroatoms. The lowest BCUT2D eigenvalue weighted by Crippen LogP contribution is -2.67. The van der Waals surface area contributed by atoms with Gasteiger partial charge in [-0.05, 0) is 85.4 Å². The lowest BCUT2D eigenvalue weighted by Gasteiger charge is -2.59. The highest BCUT2D eigenvalue weighted by atomic mass is 35.7. The van der Waals surface area contributed by atoms with Gasteiger partial charge in [-0.15, -0.1) is 0 Å². The number of nitrogens with zero attached hydrogens (tertiary/aromatic N) is 3. The zero-order valence-electron chi connectivity index (χ0n) is 24.0. The minimum Gasteiger partial charge on any atom is -0.372 e. The van der Waals surface area contributed by atoms with E-state index < -0.39 is 7.43 Å². The van der Waals surface area contributed by atoms with Crippen molar-refractivity contribution in [2.45, 2.75) is 152 Å². The van der Waals surface area contributed by atoms with E-state index in [0.717, 1.165) is 6.42 Å². The third kappa shape index (κ3) is 6.30. The molecular weight excluding hydrogens is 483 g/mol. The Bertz CT molecular complexity index is 673. The van der Waals surface area contributed by atoms with Crippen LogP contribution in [0.2, 0.25) is 0 Å². The molecular formula is C30H56ClN4P. The van der Waals surface area contributed by atoms with Gasteiger partial charge in [-0.25, -0.2) is 0 Å². The molecule has 0 aliphatic heterocycles. The zero-order valence-corrected chi connectivity index (χ0v) is 25.7. The highest BCUT2D eigenvalue weighted by Gasteiger charge is 2.51. The molecule has 0 radical (unpaired) electrons. The molecule has 3 fully saturated rings. The fourth-order valence-electron chi connectivity index (χ4n) is 8.25. The molecule has 1 atom stereocenters. The minimum atomic E-state index is -0.854. The Labute approximate surface area is 229 Å². The third-order valence-corrected chi connectivity index (χ3v) is 12.8. The van der Waals surface area contributed by atoms with Gasteiger partial charge in [-0.3, -0.25) is 14.9 Å². The largest absolute Gasteiger partial charge is 0.372 e. The maximum absolute atomic E-state index is 7.29. The minimum absolute atomic E-state index is 0.0573. The lowest BCUT2D eigenvalue weighted by atomic mass is 9.82. The summed E-state index contributed by atoms with van der Waals surface area (Å²) in [6, 6.07) is 2.01. The lowest BCUT2D eigenvalue weighted by molar-refractivity contribution is -0.0869. The standard InChI is InChI=1S/C30H56ClN4P/c1-32-36(31)28-23-15-8-16-24-30(34(3)26-19-11-6-12-20-26,35(4)27-21-13-7-14-22-27)29(28)33(2)25-17-9-5-10-18-25/h25-27,32H,5-24H2,1-4H3/b29-28-. The molecule has 208 valence electrons. The number of allylic oxidation sites excluding steroid dienone is 1. The van der Waals surface area contributed by atoms with Gasteiger partial charge in [0.25, 0.3) is 0 Å². The average Bonchev–Trinajstić information content (AvgIpc) is 2.93. The fourth-order valence-corrected chi connectivity index (χ4v) is 9.89. The Balaban J connectivity index is 1.88. The van der Waals surface area contributed by atoms with Gasteiger partial charge in [0.1, 0.15) is 5.66 Å². The van der Waals surface area contributed by atoms with Gasteiger partial charge in [-0.2, -0.15) is 0 Å². The molecule has 0 heterocycles. The summed E-state index contributed by atoms with van der Waals surface area (Å²) in [7, 11) is 8.71. The van der Waals surface area contributed by atoms with Crippen molar-refractivity contribution in [1.82, 2.24) is 19.8 Å². The van der Waals surface area contributed by atoms with Gasteiger partial charge in [0.05, 0.1) is 13.1 Å². The second kappa shape index (κ2) is 14.0. The normalized spacial score (nSPS) is 28.8. The van der Waals surface area contributed by atoms with Gasteiger partial charge in [0.15, 0.2) is 0 Å². The van der Waals surface area contributed by atoms with E-state index in [0.29, 0.717) is 18.1 Å². The Kier molecular flexibility index (Phi) is 11.3. The molecule has 4 rings (SSSR count). The van der Waals surface area contributed by atoms with Crippen LogP contribution in [0.1, 0.15) is 128 Å². The van der Waals surface area contributed by atoms with Crippen LogP contribution in [0.5, 0.6) is 0 Å². The second-order valence-corrected chi connectivity index (χ2v) is 14.9. The third-order valence-electron chi connectivity index (χ3n) is 10.4. The van der Waals surface area contributed by atoms with E-state index >= 15 is 0 Å². The number of halogens is 1. The summed E-state index contributed by atoms with van der Waals surface area (Å²) >= 11 is 7.29. The van der Waals surface area contributed by atoms with E-state index in [1.807, 2.05) is 0 Å². The fraction of sp³-hybridized carbons (Fsp3) is 0.933. The van der Waals surface area contributed by atoms with Gasteiger partial charge in [0, 0.05) is 30.5 Å². The van der Waals surface area contributed by atoms with Gasteiger partial charge < -0.3 is 4.90 Å². The molecule has 0 amide bonds. The van der Waals surface area contributed by atoms with Crippen molar-refractivity contribution in [3.8, 4) is 0 Å². The van der Waals surface area contributed by atoms with Crippen molar-refractivity contribution in [3.05, 3.63) is 11.0 Å². The summed E-state index contributed by atoms with van der Waals surface area (Å²) in [6.07, 6.45) is 27.0. The summed E-state index contributed by atoms with van der Waals surface area (Å²) in [5, 5.41) is 5.10. The quantitative estimate of drug-likeness (QED) is 0.247. The first kappa shape index (κ1) is 29.1. The topological polar surface area (TPSA) is 21.8 Å². The van der Waals surface area contributed by atoms with Gasteiger partial charge in [0.2, 0.25) is 0 Å².